The van der Waals surface area contributed by atoms with Crippen LogP contribution in [-0.2, 0) is 11.3 Å². The van der Waals surface area contributed by atoms with Gasteiger partial charge in [0.15, 0.2) is 23.0 Å². The van der Waals surface area contributed by atoms with Gasteiger partial charge in [0.2, 0.25) is 5.91 Å². The number of benzene rings is 1. The second kappa shape index (κ2) is 8.15. The molecule has 0 saturated carbocycles. The smallest absolute Gasteiger partial charge is 0.244 e. The van der Waals surface area contributed by atoms with Gasteiger partial charge in [-0.1, -0.05) is 12.1 Å². The molecule has 1 aromatic carbocycles. The fraction of sp³-hybridized carbons (Fsp3) is 0.211. The molecule has 0 aliphatic heterocycles. The summed E-state index contributed by atoms with van der Waals surface area (Å²) in [7, 11) is 1.58. The minimum atomic E-state index is -0.217. The number of aromatic nitrogens is 3. The molecule has 7 nitrogen and oxygen atoms in total. The Morgan fingerprint density at radius 3 is 2.92 bits per heavy atom. The highest BCUT2D eigenvalue weighted by Gasteiger charge is 2.06. The van der Waals surface area contributed by atoms with Crippen molar-refractivity contribution in [3.05, 3.63) is 60.1 Å². The number of ether oxygens (including phenoxy) is 2. The van der Waals surface area contributed by atoms with Crippen molar-refractivity contribution in [1.29, 1.82) is 0 Å². The average molecular weight is 352 g/mol. The SMILES string of the molecule is CCOc1ccc(/C=C/C(=O)NCc2nnc3ccccn23)cc1OC. The Hall–Kier alpha value is -3.35. The van der Waals surface area contributed by atoms with Gasteiger partial charge in [0.05, 0.1) is 20.3 Å². The van der Waals surface area contributed by atoms with Gasteiger partial charge in [-0.25, -0.2) is 0 Å². The van der Waals surface area contributed by atoms with E-state index in [9.17, 15) is 4.79 Å². The molecule has 0 atom stereocenters. The molecule has 0 bridgehead atoms. The van der Waals surface area contributed by atoms with Crippen molar-refractivity contribution in [2.24, 2.45) is 0 Å². The van der Waals surface area contributed by atoms with E-state index in [0.29, 0.717) is 30.5 Å². The standard InChI is InChI=1S/C19H20N4O3/c1-3-26-15-9-7-14(12-16(15)25-2)8-10-19(24)20-13-18-22-21-17-6-4-5-11-23(17)18/h4-12H,3,13H2,1-2H3,(H,20,24)/b10-8+. The zero-order chi connectivity index (χ0) is 18.4. The molecule has 134 valence electrons. The van der Waals surface area contributed by atoms with Crippen molar-refractivity contribution in [1.82, 2.24) is 19.9 Å². The number of rotatable bonds is 7. The molecule has 1 amide bonds. The van der Waals surface area contributed by atoms with Gasteiger partial charge in [0.1, 0.15) is 0 Å². The van der Waals surface area contributed by atoms with Gasteiger partial charge in [-0.2, -0.15) is 0 Å². The van der Waals surface area contributed by atoms with Crippen LogP contribution in [0.3, 0.4) is 0 Å². The van der Waals surface area contributed by atoms with Crippen LogP contribution in [-0.4, -0.2) is 34.2 Å². The number of hydrogen-bond donors (Lipinski definition) is 1. The maximum atomic E-state index is 12.1. The highest BCUT2D eigenvalue weighted by atomic mass is 16.5. The molecule has 7 heteroatoms. The Labute approximate surface area is 151 Å². The number of carbonyl (C=O) groups is 1. The van der Waals surface area contributed by atoms with Crippen LogP contribution < -0.4 is 14.8 Å². The largest absolute Gasteiger partial charge is 0.493 e. The van der Waals surface area contributed by atoms with E-state index in [1.807, 2.05) is 53.9 Å². The first-order valence-corrected chi connectivity index (χ1v) is 8.26. The summed E-state index contributed by atoms with van der Waals surface area (Å²) in [5.74, 6) is 1.76. The van der Waals surface area contributed by atoms with E-state index in [-0.39, 0.29) is 5.91 Å². The van der Waals surface area contributed by atoms with Gasteiger partial charge in [-0.15, -0.1) is 10.2 Å². The molecule has 0 fully saturated rings. The van der Waals surface area contributed by atoms with E-state index < -0.39 is 0 Å². The molecule has 0 aliphatic carbocycles. The van der Waals surface area contributed by atoms with Crippen molar-refractivity contribution in [3.8, 4) is 11.5 Å². The first kappa shape index (κ1) is 17.5. The van der Waals surface area contributed by atoms with Gasteiger partial charge in [0.25, 0.3) is 0 Å². The van der Waals surface area contributed by atoms with E-state index in [1.165, 1.54) is 6.08 Å². The predicted octanol–water partition coefficient (Wildman–Crippen LogP) is 2.47. The maximum Gasteiger partial charge on any atom is 0.244 e. The van der Waals surface area contributed by atoms with Crippen LogP contribution in [0.25, 0.3) is 11.7 Å². The van der Waals surface area contributed by atoms with Gasteiger partial charge in [0, 0.05) is 12.3 Å². The molecule has 26 heavy (non-hydrogen) atoms. The van der Waals surface area contributed by atoms with Gasteiger partial charge in [-0.05, 0) is 42.8 Å². The fourth-order valence-corrected chi connectivity index (χ4v) is 2.47. The van der Waals surface area contributed by atoms with Gasteiger partial charge < -0.3 is 14.8 Å². The van der Waals surface area contributed by atoms with Gasteiger partial charge in [-0.3, -0.25) is 9.20 Å². The van der Waals surface area contributed by atoms with E-state index >= 15 is 0 Å². The third-order valence-corrected chi connectivity index (χ3v) is 3.72. The van der Waals surface area contributed by atoms with Crippen LogP contribution in [0.2, 0.25) is 0 Å². The monoisotopic (exact) mass is 352 g/mol. The fourth-order valence-electron chi connectivity index (χ4n) is 2.47. The number of hydrogen-bond acceptors (Lipinski definition) is 5. The summed E-state index contributed by atoms with van der Waals surface area (Å²) in [5, 5.41) is 10.9. The predicted molar refractivity (Wildman–Crippen MR) is 98.0 cm³/mol. The highest BCUT2D eigenvalue weighted by molar-refractivity contribution is 5.91. The maximum absolute atomic E-state index is 12.1. The van der Waals surface area contributed by atoms with Crippen molar-refractivity contribution >= 4 is 17.6 Å². The second-order valence-electron chi connectivity index (χ2n) is 5.44. The second-order valence-corrected chi connectivity index (χ2v) is 5.44. The molecule has 1 N–H and O–H groups in total. The van der Waals surface area contributed by atoms with Crippen LogP contribution in [0.1, 0.15) is 18.3 Å². The van der Waals surface area contributed by atoms with Crippen molar-refractivity contribution < 1.29 is 14.3 Å². The number of nitrogens with one attached hydrogen (secondary N) is 1. The third-order valence-electron chi connectivity index (χ3n) is 3.72. The molecule has 2 aromatic heterocycles. The number of carbonyl (C=O) groups excluding carboxylic acids is 1. The summed E-state index contributed by atoms with van der Waals surface area (Å²) in [5.41, 5.74) is 1.59. The topological polar surface area (TPSA) is 77.8 Å². The lowest BCUT2D eigenvalue weighted by atomic mass is 10.2. The summed E-state index contributed by atoms with van der Waals surface area (Å²) < 4.78 is 12.6. The minimum absolute atomic E-state index is 0.217. The lowest BCUT2D eigenvalue weighted by Crippen LogP contribution is -2.21. The first-order chi connectivity index (χ1) is 12.7. The molecule has 3 aromatic rings. The molecule has 3 rings (SSSR count). The molecule has 2 heterocycles. The first-order valence-electron chi connectivity index (χ1n) is 8.26. The molecule has 0 unspecified atom stereocenters. The lowest BCUT2D eigenvalue weighted by Gasteiger charge is -2.09. The Morgan fingerprint density at radius 2 is 2.12 bits per heavy atom. The number of fused-ring (bicyclic) bond motifs is 1. The van der Waals surface area contributed by atoms with Crippen molar-refractivity contribution in [2.45, 2.75) is 13.5 Å². The van der Waals surface area contributed by atoms with Crippen molar-refractivity contribution in [3.63, 3.8) is 0 Å². The Balaban J connectivity index is 1.62. The normalized spacial score (nSPS) is 11.0. The molecular formula is C19H20N4O3. The van der Waals surface area contributed by atoms with Crippen LogP contribution in [0.4, 0.5) is 0 Å². The zero-order valence-corrected chi connectivity index (χ0v) is 14.7. The molecule has 0 radical (unpaired) electrons. The van der Waals surface area contributed by atoms with Crippen LogP contribution in [0, 0.1) is 0 Å². The highest BCUT2D eigenvalue weighted by Crippen LogP contribution is 2.28. The van der Waals surface area contributed by atoms with Crippen molar-refractivity contribution in [2.75, 3.05) is 13.7 Å². The van der Waals surface area contributed by atoms with E-state index in [4.69, 9.17) is 9.47 Å². The Kier molecular flexibility index (Phi) is 5.48. The lowest BCUT2D eigenvalue weighted by molar-refractivity contribution is -0.116. The summed E-state index contributed by atoms with van der Waals surface area (Å²) in [4.78, 5) is 12.1. The van der Waals surface area contributed by atoms with E-state index in [0.717, 1.165) is 11.2 Å². The van der Waals surface area contributed by atoms with E-state index in [2.05, 4.69) is 15.5 Å². The van der Waals surface area contributed by atoms with Crippen LogP contribution in [0.15, 0.2) is 48.7 Å². The zero-order valence-electron chi connectivity index (χ0n) is 14.7. The minimum Gasteiger partial charge on any atom is -0.493 e. The molecule has 0 aliphatic rings. The number of methoxy groups -OCH3 is 1. The van der Waals surface area contributed by atoms with Gasteiger partial charge >= 0.3 is 0 Å². The summed E-state index contributed by atoms with van der Waals surface area (Å²) in [6, 6.07) is 11.1. The van der Waals surface area contributed by atoms with Crippen LogP contribution in [0.5, 0.6) is 11.5 Å². The van der Waals surface area contributed by atoms with Crippen LogP contribution >= 0.6 is 0 Å². The molecule has 0 spiro atoms. The quantitative estimate of drug-likeness (QED) is 0.661. The summed E-state index contributed by atoms with van der Waals surface area (Å²) in [6.45, 7) is 2.77. The Bertz CT molecular complexity index is 933. The molecular weight excluding hydrogens is 332 g/mol. The summed E-state index contributed by atoms with van der Waals surface area (Å²) >= 11 is 0. The third kappa shape index (κ3) is 4.00. The molecule has 0 saturated heterocycles. The number of pyridine rings is 1. The average Bonchev–Trinajstić information content (AvgIpc) is 3.09. The number of nitrogens with zero attached hydrogens (tertiary/aromatic N) is 3. The summed E-state index contributed by atoms with van der Waals surface area (Å²) in [6.07, 6.45) is 5.05. The Morgan fingerprint density at radius 1 is 1.23 bits per heavy atom. The van der Waals surface area contributed by atoms with E-state index in [1.54, 1.807) is 13.2 Å². The number of amides is 1.